The van der Waals surface area contributed by atoms with E-state index in [-0.39, 0.29) is 5.92 Å². The van der Waals surface area contributed by atoms with Gasteiger partial charge in [0.05, 0.1) is 6.04 Å². The van der Waals surface area contributed by atoms with Crippen molar-refractivity contribution in [2.45, 2.75) is 50.9 Å². The molecule has 2 amide bonds. The predicted octanol–water partition coefficient (Wildman–Crippen LogP) is 2.13. The summed E-state index contributed by atoms with van der Waals surface area (Å²) in [5.74, 6) is -0.541. The van der Waals surface area contributed by atoms with Crippen LogP contribution in [0.15, 0.2) is 30.3 Å². The highest BCUT2D eigenvalue weighted by Gasteiger charge is 2.53. The third kappa shape index (κ3) is 2.73. The predicted molar refractivity (Wildman–Crippen MR) is 80.1 cm³/mol. The Kier molecular flexibility index (Phi) is 3.68. The number of carbonyl (C=O) groups excluding carboxylic acids is 2. The van der Waals surface area contributed by atoms with Crippen LogP contribution < -0.4 is 0 Å². The van der Waals surface area contributed by atoms with Crippen LogP contribution in [0.2, 0.25) is 0 Å². The average Bonchev–Trinajstić information content (AvgIpc) is 3.27. The number of ether oxygens (including phenoxy) is 1. The van der Waals surface area contributed by atoms with Crippen LogP contribution in [-0.4, -0.2) is 39.8 Å². The number of hydrogen-bond acceptors (Lipinski definition) is 4. The second-order valence-corrected chi connectivity index (χ2v) is 6.67. The molecule has 22 heavy (non-hydrogen) atoms. The van der Waals surface area contributed by atoms with E-state index in [1.807, 2.05) is 30.3 Å². The number of rotatable bonds is 4. The van der Waals surface area contributed by atoms with Crippen molar-refractivity contribution in [1.82, 2.24) is 4.90 Å². The summed E-state index contributed by atoms with van der Waals surface area (Å²) in [6.45, 7) is 3.60. The van der Waals surface area contributed by atoms with E-state index in [0.717, 1.165) is 23.3 Å². The van der Waals surface area contributed by atoms with Crippen molar-refractivity contribution in [2.24, 2.45) is 5.92 Å². The molecule has 5 heteroatoms. The van der Waals surface area contributed by atoms with E-state index >= 15 is 0 Å². The van der Waals surface area contributed by atoms with Crippen LogP contribution in [0.4, 0.5) is 4.79 Å². The van der Waals surface area contributed by atoms with Gasteiger partial charge in [-0.3, -0.25) is 4.79 Å². The highest BCUT2D eigenvalue weighted by molar-refractivity contribution is 5.96. The number of imide groups is 1. The Balaban J connectivity index is 1.85. The molecule has 1 aliphatic heterocycles. The van der Waals surface area contributed by atoms with Crippen LogP contribution in [-0.2, 0) is 16.0 Å². The van der Waals surface area contributed by atoms with Crippen LogP contribution >= 0.6 is 0 Å². The van der Waals surface area contributed by atoms with Gasteiger partial charge in [0.2, 0.25) is 0 Å². The number of aliphatic hydroxyl groups excluding tert-OH is 1. The smallest absolute Gasteiger partial charge is 0.417 e. The topological polar surface area (TPSA) is 66.8 Å². The highest BCUT2D eigenvalue weighted by Crippen LogP contribution is 2.37. The van der Waals surface area contributed by atoms with Crippen molar-refractivity contribution in [3.05, 3.63) is 35.9 Å². The van der Waals surface area contributed by atoms with Gasteiger partial charge in [-0.05, 0) is 44.6 Å². The van der Waals surface area contributed by atoms with E-state index in [0.29, 0.717) is 6.42 Å². The molecule has 1 saturated carbocycles. The third-order valence-corrected chi connectivity index (χ3v) is 4.49. The average molecular weight is 303 g/mol. The van der Waals surface area contributed by atoms with Crippen LogP contribution in [0.3, 0.4) is 0 Å². The Morgan fingerprint density at radius 2 is 2.00 bits per heavy atom. The molecule has 0 unspecified atom stereocenters. The van der Waals surface area contributed by atoms with Crippen LogP contribution in [0.25, 0.3) is 0 Å². The van der Waals surface area contributed by atoms with Gasteiger partial charge in [0.1, 0.15) is 11.7 Å². The molecule has 1 N–H and O–H groups in total. The first kappa shape index (κ1) is 15.0. The van der Waals surface area contributed by atoms with Crippen LogP contribution in [0.1, 0.15) is 32.3 Å². The maximum absolute atomic E-state index is 12.5. The zero-order chi connectivity index (χ0) is 15.9. The Morgan fingerprint density at radius 1 is 1.36 bits per heavy atom. The lowest BCUT2D eigenvalue weighted by atomic mass is 9.91. The second-order valence-electron chi connectivity index (χ2n) is 6.67. The number of carbonyl (C=O) groups is 2. The largest absolute Gasteiger partial charge is 0.441 e. The third-order valence-electron chi connectivity index (χ3n) is 4.49. The molecule has 1 heterocycles. The standard InChI is InChI=1S/C17H21NO4/c1-17(2)13(10-11-6-4-3-5-7-11)18(16(21)22-17)15(20)14(19)12-8-9-12/h3-7,12-14,19H,8-10H2,1-2H3/t13-,14-/m0/s1. The van der Waals surface area contributed by atoms with Gasteiger partial charge >= 0.3 is 6.09 Å². The van der Waals surface area contributed by atoms with Crippen molar-refractivity contribution >= 4 is 12.0 Å². The lowest BCUT2D eigenvalue weighted by molar-refractivity contribution is -0.139. The molecule has 0 bridgehead atoms. The second kappa shape index (κ2) is 5.39. The van der Waals surface area contributed by atoms with E-state index in [4.69, 9.17) is 4.74 Å². The van der Waals surface area contributed by atoms with Crippen molar-refractivity contribution in [1.29, 1.82) is 0 Å². The molecule has 2 fully saturated rings. The lowest BCUT2D eigenvalue weighted by Crippen LogP contribution is -2.50. The van der Waals surface area contributed by atoms with E-state index in [9.17, 15) is 14.7 Å². The molecule has 3 rings (SSSR count). The van der Waals surface area contributed by atoms with Gasteiger partial charge < -0.3 is 9.84 Å². The summed E-state index contributed by atoms with van der Waals surface area (Å²) in [6.07, 6.45) is 0.434. The molecule has 0 radical (unpaired) electrons. The minimum absolute atomic E-state index is 0.0126. The quantitative estimate of drug-likeness (QED) is 0.925. The van der Waals surface area contributed by atoms with Gasteiger partial charge in [-0.1, -0.05) is 30.3 Å². The molecule has 2 aliphatic rings. The molecular formula is C17H21NO4. The molecule has 1 aromatic rings. The van der Waals surface area contributed by atoms with Gasteiger partial charge in [0.15, 0.2) is 0 Å². The Morgan fingerprint density at radius 3 is 2.59 bits per heavy atom. The SMILES string of the molecule is CC1(C)OC(=O)N(C(=O)[C@@H](O)C2CC2)[C@H]1Cc1ccccc1. The summed E-state index contributed by atoms with van der Waals surface area (Å²) >= 11 is 0. The van der Waals surface area contributed by atoms with Gasteiger partial charge in [0.25, 0.3) is 5.91 Å². The zero-order valence-corrected chi connectivity index (χ0v) is 12.9. The normalized spacial score (nSPS) is 25.0. The van der Waals surface area contributed by atoms with Crippen molar-refractivity contribution in [3.8, 4) is 0 Å². The fraction of sp³-hybridized carbons (Fsp3) is 0.529. The van der Waals surface area contributed by atoms with Gasteiger partial charge in [-0.2, -0.15) is 0 Å². The molecule has 1 saturated heterocycles. The monoisotopic (exact) mass is 303 g/mol. The first-order valence-corrected chi connectivity index (χ1v) is 7.68. The number of aliphatic hydroxyl groups is 1. The maximum atomic E-state index is 12.5. The molecule has 0 spiro atoms. The maximum Gasteiger partial charge on any atom is 0.417 e. The summed E-state index contributed by atoms with van der Waals surface area (Å²) in [6, 6.07) is 9.27. The highest BCUT2D eigenvalue weighted by atomic mass is 16.6. The van der Waals surface area contributed by atoms with Crippen molar-refractivity contribution in [2.75, 3.05) is 0 Å². The lowest BCUT2D eigenvalue weighted by Gasteiger charge is -2.29. The minimum atomic E-state index is -1.10. The van der Waals surface area contributed by atoms with Crippen molar-refractivity contribution in [3.63, 3.8) is 0 Å². The van der Waals surface area contributed by atoms with Gasteiger partial charge in [-0.25, -0.2) is 9.69 Å². The van der Waals surface area contributed by atoms with E-state index in [1.54, 1.807) is 13.8 Å². The van der Waals surface area contributed by atoms with Gasteiger partial charge in [-0.15, -0.1) is 0 Å². The molecule has 2 atom stereocenters. The number of cyclic esters (lactones) is 1. The minimum Gasteiger partial charge on any atom is -0.441 e. The Hall–Kier alpha value is -1.88. The molecule has 1 aromatic carbocycles. The fourth-order valence-corrected chi connectivity index (χ4v) is 2.95. The molecular weight excluding hydrogens is 282 g/mol. The summed E-state index contributed by atoms with van der Waals surface area (Å²) in [5, 5.41) is 10.1. The summed E-state index contributed by atoms with van der Waals surface area (Å²) in [4.78, 5) is 25.8. The zero-order valence-electron chi connectivity index (χ0n) is 12.9. The number of benzene rings is 1. The van der Waals surface area contributed by atoms with Gasteiger partial charge in [0, 0.05) is 0 Å². The number of nitrogens with zero attached hydrogens (tertiary/aromatic N) is 1. The first-order valence-electron chi connectivity index (χ1n) is 7.68. The van der Waals surface area contributed by atoms with E-state index in [1.165, 1.54) is 0 Å². The van der Waals surface area contributed by atoms with E-state index < -0.39 is 29.7 Å². The first-order chi connectivity index (χ1) is 10.4. The number of hydrogen-bond donors (Lipinski definition) is 1. The molecule has 5 nitrogen and oxygen atoms in total. The van der Waals surface area contributed by atoms with Crippen LogP contribution in [0.5, 0.6) is 0 Å². The Labute approximate surface area is 129 Å². The molecule has 118 valence electrons. The molecule has 1 aliphatic carbocycles. The Bertz CT molecular complexity index is 580. The van der Waals surface area contributed by atoms with E-state index in [2.05, 4.69) is 0 Å². The summed E-state index contributed by atoms with van der Waals surface area (Å²) in [7, 11) is 0. The summed E-state index contributed by atoms with van der Waals surface area (Å²) < 4.78 is 5.37. The summed E-state index contributed by atoms with van der Waals surface area (Å²) in [5.41, 5.74) is 0.254. The van der Waals surface area contributed by atoms with Crippen LogP contribution in [0, 0.1) is 5.92 Å². The van der Waals surface area contributed by atoms with Crippen molar-refractivity contribution < 1.29 is 19.4 Å². The molecule has 0 aromatic heterocycles. The fourth-order valence-electron chi connectivity index (χ4n) is 2.95. The number of amides is 2.